The van der Waals surface area contributed by atoms with Crippen LogP contribution in [-0.2, 0) is 22.5 Å². The van der Waals surface area contributed by atoms with Crippen LogP contribution in [0.4, 0.5) is 5.00 Å². The number of hydrogen-bond acceptors (Lipinski definition) is 5. The molecule has 0 aliphatic carbocycles. The molecule has 0 spiro atoms. The number of anilines is 1. The van der Waals surface area contributed by atoms with E-state index in [2.05, 4.69) is 12.2 Å². The molecule has 2 aromatic heterocycles. The first-order chi connectivity index (χ1) is 12.4. The predicted molar refractivity (Wildman–Crippen MR) is 99.7 cm³/mol. The number of hydrogen-bond donors (Lipinski definition) is 1. The Bertz CT molecular complexity index is 825. The number of carbonyl (C=O) groups is 3. The number of aryl methyl sites for hydroxylation is 1. The first-order valence-electron chi connectivity index (χ1n) is 8.46. The molecule has 0 atom stereocenters. The third kappa shape index (κ3) is 4.54. The lowest BCUT2D eigenvalue weighted by atomic mass is 10.1. The highest BCUT2D eigenvalue weighted by Gasteiger charge is 2.25. The summed E-state index contributed by atoms with van der Waals surface area (Å²) in [4.78, 5) is 36.9. The number of rotatable bonds is 7. The highest BCUT2D eigenvalue weighted by molar-refractivity contribution is 7.18. The number of ether oxygens (including phenoxy) is 1. The van der Waals surface area contributed by atoms with Gasteiger partial charge in [0.05, 0.1) is 17.0 Å². The fourth-order valence-electron chi connectivity index (χ4n) is 2.55. The van der Waals surface area contributed by atoms with E-state index in [0.717, 1.165) is 17.8 Å². The van der Waals surface area contributed by atoms with Gasteiger partial charge >= 0.3 is 5.97 Å². The molecule has 2 aromatic rings. The Morgan fingerprint density at radius 2 is 1.85 bits per heavy atom. The third-order valence-corrected chi connectivity index (χ3v) is 5.20. The molecule has 0 aliphatic rings. The summed E-state index contributed by atoms with van der Waals surface area (Å²) < 4.78 is 6.82. The minimum atomic E-state index is -0.538. The zero-order chi connectivity index (χ0) is 19.3. The standard InChI is InChI=1S/C19H22N2O4S/c1-5-14-7-9-21(10-8-14)11-15(23)20-18-16(19(24)25-6-2)12(3)17(26-18)13(4)22/h7-10H,5-6,11H2,1-4H3/p+1. The van der Waals surface area contributed by atoms with E-state index in [1.54, 1.807) is 18.4 Å². The second-order valence-electron chi connectivity index (χ2n) is 5.82. The lowest BCUT2D eigenvalue weighted by Crippen LogP contribution is -2.39. The number of ketones is 1. The molecule has 1 N–H and O–H groups in total. The average molecular weight is 375 g/mol. The molecule has 26 heavy (non-hydrogen) atoms. The highest BCUT2D eigenvalue weighted by atomic mass is 32.1. The van der Waals surface area contributed by atoms with Crippen LogP contribution in [0.2, 0.25) is 0 Å². The molecule has 1 amide bonds. The quantitative estimate of drug-likeness (QED) is 0.459. The number of pyridine rings is 1. The monoisotopic (exact) mass is 375 g/mol. The minimum absolute atomic E-state index is 0.110. The van der Waals surface area contributed by atoms with E-state index >= 15 is 0 Å². The molecular weight excluding hydrogens is 352 g/mol. The van der Waals surface area contributed by atoms with E-state index in [1.807, 2.05) is 24.5 Å². The first kappa shape index (κ1) is 19.8. The highest BCUT2D eigenvalue weighted by Crippen LogP contribution is 2.34. The van der Waals surface area contributed by atoms with E-state index in [9.17, 15) is 14.4 Å². The van der Waals surface area contributed by atoms with Gasteiger partial charge in [0.25, 0.3) is 5.91 Å². The van der Waals surface area contributed by atoms with Crippen molar-refractivity contribution in [2.45, 2.75) is 40.7 Å². The molecule has 0 radical (unpaired) electrons. The van der Waals surface area contributed by atoms with Crippen molar-refractivity contribution in [3.63, 3.8) is 0 Å². The summed E-state index contributed by atoms with van der Waals surface area (Å²) in [7, 11) is 0. The van der Waals surface area contributed by atoms with E-state index in [0.29, 0.717) is 15.4 Å². The Morgan fingerprint density at radius 3 is 2.38 bits per heavy atom. The van der Waals surface area contributed by atoms with Gasteiger partial charge in [0.15, 0.2) is 18.2 Å². The Kier molecular flexibility index (Phi) is 6.63. The number of nitrogens with one attached hydrogen (secondary N) is 1. The summed E-state index contributed by atoms with van der Waals surface area (Å²) >= 11 is 1.10. The van der Waals surface area contributed by atoms with Crippen molar-refractivity contribution in [3.8, 4) is 0 Å². The van der Waals surface area contributed by atoms with Crippen LogP contribution in [0, 0.1) is 6.92 Å². The zero-order valence-corrected chi connectivity index (χ0v) is 16.2. The van der Waals surface area contributed by atoms with Gasteiger partial charge in [0, 0.05) is 12.1 Å². The van der Waals surface area contributed by atoms with Gasteiger partial charge in [-0.15, -0.1) is 11.3 Å². The second kappa shape index (κ2) is 8.71. The molecule has 0 saturated heterocycles. The minimum Gasteiger partial charge on any atom is -0.462 e. The van der Waals surface area contributed by atoms with Gasteiger partial charge in [-0.25, -0.2) is 4.79 Å². The molecule has 6 nitrogen and oxygen atoms in total. The molecule has 138 valence electrons. The van der Waals surface area contributed by atoms with Crippen molar-refractivity contribution in [2.24, 2.45) is 0 Å². The van der Waals surface area contributed by atoms with E-state index in [4.69, 9.17) is 4.74 Å². The molecule has 0 unspecified atom stereocenters. The molecule has 2 rings (SSSR count). The predicted octanol–water partition coefficient (Wildman–Crippen LogP) is 2.92. The number of aromatic nitrogens is 1. The lowest BCUT2D eigenvalue weighted by Gasteiger charge is -2.06. The molecule has 2 heterocycles. The maximum Gasteiger partial charge on any atom is 0.341 e. The normalized spacial score (nSPS) is 10.5. The van der Waals surface area contributed by atoms with E-state index in [1.165, 1.54) is 12.5 Å². The van der Waals surface area contributed by atoms with Gasteiger partial charge in [-0.1, -0.05) is 6.92 Å². The summed E-state index contributed by atoms with van der Waals surface area (Å²) in [5.74, 6) is -0.965. The van der Waals surface area contributed by atoms with Gasteiger partial charge in [0.2, 0.25) is 6.54 Å². The molecule has 0 bridgehead atoms. The van der Waals surface area contributed by atoms with Gasteiger partial charge in [-0.2, -0.15) is 4.57 Å². The first-order valence-corrected chi connectivity index (χ1v) is 9.28. The topological polar surface area (TPSA) is 76.3 Å². The largest absolute Gasteiger partial charge is 0.462 e. The number of amides is 1. The van der Waals surface area contributed by atoms with Crippen LogP contribution in [0.15, 0.2) is 24.5 Å². The van der Waals surface area contributed by atoms with Crippen LogP contribution in [-0.4, -0.2) is 24.3 Å². The molecule has 0 aromatic carbocycles. The summed E-state index contributed by atoms with van der Waals surface area (Å²) in [5.41, 5.74) is 1.98. The van der Waals surface area contributed by atoms with Crippen molar-refractivity contribution >= 4 is 34.0 Å². The van der Waals surface area contributed by atoms with Crippen molar-refractivity contribution in [2.75, 3.05) is 11.9 Å². The Hall–Kier alpha value is -2.54. The van der Waals surface area contributed by atoms with Crippen LogP contribution in [0.1, 0.15) is 51.9 Å². The average Bonchev–Trinajstić information content (AvgIpc) is 2.92. The summed E-state index contributed by atoms with van der Waals surface area (Å²) in [6.45, 7) is 7.22. The number of esters is 1. The third-order valence-electron chi connectivity index (χ3n) is 3.89. The zero-order valence-electron chi connectivity index (χ0n) is 15.4. The molecular formula is C19H23N2O4S+. The van der Waals surface area contributed by atoms with Gasteiger partial charge in [0.1, 0.15) is 5.00 Å². The fraction of sp³-hybridized carbons (Fsp3) is 0.368. The summed E-state index contributed by atoms with van der Waals surface area (Å²) in [5, 5.41) is 3.10. The van der Waals surface area contributed by atoms with Crippen LogP contribution in [0.5, 0.6) is 0 Å². The lowest BCUT2D eigenvalue weighted by molar-refractivity contribution is -0.684. The Balaban J connectivity index is 2.23. The van der Waals surface area contributed by atoms with Crippen LogP contribution in [0.3, 0.4) is 0 Å². The van der Waals surface area contributed by atoms with E-state index in [-0.39, 0.29) is 30.4 Å². The van der Waals surface area contributed by atoms with E-state index < -0.39 is 5.97 Å². The number of thiophene rings is 1. The smallest absolute Gasteiger partial charge is 0.341 e. The summed E-state index contributed by atoms with van der Waals surface area (Å²) in [6.07, 6.45) is 4.61. The van der Waals surface area contributed by atoms with Crippen LogP contribution in [0.25, 0.3) is 0 Å². The van der Waals surface area contributed by atoms with Crippen molar-refractivity contribution in [1.29, 1.82) is 0 Å². The van der Waals surface area contributed by atoms with Crippen LogP contribution >= 0.6 is 11.3 Å². The fourth-order valence-corrected chi connectivity index (χ4v) is 3.65. The number of Topliss-reactive ketones (excluding diaryl/α,β-unsaturated/α-hetero) is 1. The second-order valence-corrected chi connectivity index (χ2v) is 6.84. The van der Waals surface area contributed by atoms with Crippen molar-refractivity contribution in [3.05, 3.63) is 46.1 Å². The van der Waals surface area contributed by atoms with Gasteiger partial charge in [-0.05, 0) is 38.3 Å². The maximum atomic E-state index is 12.4. The Labute approximate surface area is 156 Å². The van der Waals surface area contributed by atoms with Crippen molar-refractivity contribution in [1.82, 2.24) is 0 Å². The van der Waals surface area contributed by atoms with Crippen LogP contribution < -0.4 is 9.88 Å². The van der Waals surface area contributed by atoms with Gasteiger partial charge in [-0.3, -0.25) is 9.59 Å². The molecule has 0 aliphatic heterocycles. The van der Waals surface area contributed by atoms with Crippen molar-refractivity contribution < 1.29 is 23.7 Å². The summed E-state index contributed by atoms with van der Waals surface area (Å²) in [6, 6.07) is 3.92. The molecule has 0 saturated carbocycles. The number of carbonyl (C=O) groups excluding carboxylic acids is 3. The molecule has 7 heteroatoms. The molecule has 0 fully saturated rings. The Morgan fingerprint density at radius 1 is 1.19 bits per heavy atom. The van der Waals surface area contributed by atoms with Gasteiger partial charge < -0.3 is 10.1 Å². The number of nitrogens with zero attached hydrogens (tertiary/aromatic N) is 1. The SMILES string of the molecule is CCOC(=O)c1c(NC(=O)C[n+]2ccc(CC)cc2)sc(C(C)=O)c1C. The maximum absolute atomic E-state index is 12.4.